The van der Waals surface area contributed by atoms with Crippen molar-refractivity contribution in [3.05, 3.63) is 60.2 Å². The highest BCUT2D eigenvalue weighted by molar-refractivity contribution is 5.98. The average Bonchev–Trinajstić information content (AvgIpc) is 2.73. The molecule has 1 unspecified atom stereocenters. The summed E-state index contributed by atoms with van der Waals surface area (Å²) in [6, 6.07) is 15.6. The molecule has 0 saturated heterocycles. The first-order chi connectivity index (χ1) is 11.2. The van der Waals surface area contributed by atoms with Crippen LogP contribution < -0.4 is 15.4 Å². The van der Waals surface area contributed by atoms with Crippen molar-refractivity contribution in [3.8, 4) is 5.75 Å². The lowest BCUT2D eigenvalue weighted by atomic mass is 10.2. The van der Waals surface area contributed by atoms with Crippen LogP contribution in [-0.4, -0.2) is 24.6 Å². The second-order valence-corrected chi connectivity index (χ2v) is 5.06. The minimum Gasteiger partial charge on any atom is -0.489 e. The van der Waals surface area contributed by atoms with Crippen LogP contribution in [0.4, 0.5) is 10.5 Å². The number of hydrogen-bond donors (Lipinski definition) is 2. The van der Waals surface area contributed by atoms with E-state index in [1.54, 1.807) is 18.2 Å². The second kappa shape index (κ2) is 6.83. The molecule has 0 saturated carbocycles. The van der Waals surface area contributed by atoms with Gasteiger partial charge in [0, 0.05) is 0 Å². The van der Waals surface area contributed by atoms with Crippen LogP contribution in [0, 0.1) is 0 Å². The number of benzene rings is 2. The number of hydrogen-bond acceptors (Lipinski definition) is 4. The summed E-state index contributed by atoms with van der Waals surface area (Å²) in [5, 5.41) is 5.23. The number of rotatable bonds is 3. The Kier molecular flexibility index (Phi) is 4.42. The van der Waals surface area contributed by atoms with Gasteiger partial charge in [-0.2, -0.15) is 0 Å². The van der Waals surface area contributed by atoms with E-state index < -0.39 is 12.1 Å². The number of para-hydroxylation sites is 2. The van der Waals surface area contributed by atoms with Crippen molar-refractivity contribution in [1.82, 2.24) is 5.32 Å². The van der Waals surface area contributed by atoms with Crippen molar-refractivity contribution in [2.45, 2.75) is 12.6 Å². The van der Waals surface area contributed by atoms with Crippen LogP contribution in [0.15, 0.2) is 54.6 Å². The van der Waals surface area contributed by atoms with E-state index in [4.69, 9.17) is 9.47 Å². The molecule has 6 nitrogen and oxygen atoms in total. The largest absolute Gasteiger partial charge is 0.489 e. The van der Waals surface area contributed by atoms with Crippen LogP contribution >= 0.6 is 0 Å². The molecule has 118 valence electrons. The van der Waals surface area contributed by atoms with Gasteiger partial charge in [0.25, 0.3) is 5.91 Å². The number of alkyl carbamates (subject to hydrolysis) is 1. The molecule has 2 aromatic rings. The van der Waals surface area contributed by atoms with Crippen molar-refractivity contribution in [1.29, 1.82) is 0 Å². The summed E-state index contributed by atoms with van der Waals surface area (Å²) in [5.41, 5.74) is 1.45. The average molecular weight is 312 g/mol. The Bertz CT molecular complexity index is 703. The molecular weight excluding hydrogens is 296 g/mol. The third-order valence-corrected chi connectivity index (χ3v) is 3.37. The van der Waals surface area contributed by atoms with E-state index >= 15 is 0 Å². The molecule has 0 aliphatic carbocycles. The van der Waals surface area contributed by atoms with E-state index in [1.807, 2.05) is 36.4 Å². The third kappa shape index (κ3) is 3.79. The first-order valence-electron chi connectivity index (χ1n) is 7.22. The number of carbonyl (C=O) groups excluding carboxylic acids is 2. The number of anilines is 1. The molecule has 1 aliphatic rings. The van der Waals surface area contributed by atoms with Crippen molar-refractivity contribution >= 4 is 17.7 Å². The minimum absolute atomic E-state index is 0.0449. The van der Waals surface area contributed by atoms with Gasteiger partial charge in [-0.1, -0.05) is 42.5 Å². The molecule has 2 amide bonds. The molecular formula is C17H16N2O4. The monoisotopic (exact) mass is 312 g/mol. The van der Waals surface area contributed by atoms with Gasteiger partial charge in [-0.3, -0.25) is 4.79 Å². The molecule has 1 heterocycles. The summed E-state index contributed by atoms with van der Waals surface area (Å²) in [5.74, 6) is 0.231. The predicted molar refractivity (Wildman–Crippen MR) is 84.1 cm³/mol. The molecule has 6 heteroatoms. The maximum absolute atomic E-state index is 12.1. The standard InChI is InChI=1S/C17H16N2O4/c20-16-14(11-22-15-9-5-4-8-13(15)18-16)19-17(21)23-10-12-6-2-1-3-7-12/h1-9,14H,10-11H2,(H,18,20)(H,19,21). The number of nitrogens with one attached hydrogen (secondary N) is 2. The van der Waals surface area contributed by atoms with Gasteiger partial charge >= 0.3 is 6.09 Å². The highest BCUT2D eigenvalue weighted by atomic mass is 16.5. The number of carbonyl (C=O) groups is 2. The topological polar surface area (TPSA) is 76.7 Å². The molecule has 2 aromatic carbocycles. The Morgan fingerprint density at radius 2 is 1.91 bits per heavy atom. The highest BCUT2D eigenvalue weighted by Gasteiger charge is 2.26. The lowest BCUT2D eigenvalue weighted by molar-refractivity contribution is -0.118. The molecule has 3 rings (SSSR count). The van der Waals surface area contributed by atoms with Crippen molar-refractivity contribution in [3.63, 3.8) is 0 Å². The fourth-order valence-corrected chi connectivity index (χ4v) is 2.18. The molecule has 1 aliphatic heterocycles. The smallest absolute Gasteiger partial charge is 0.408 e. The van der Waals surface area contributed by atoms with Crippen LogP contribution in [-0.2, 0) is 16.1 Å². The van der Waals surface area contributed by atoms with Gasteiger partial charge in [0.15, 0.2) is 0 Å². The van der Waals surface area contributed by atoms with Crippen LogP contribution in [0.3, 0.4) is 0 Å². The molecule has 0 fully saturated rings. The maximum atomic E-state index is 12.1. The lowest BCUT2D eigenvalue weighted by Gasteiger charge is -2.14. The normalized spacial score (nSPS) is 16.3. The van der Waals surface area contributed by atoms with Crippen LogP contribution in [0.25, 0.3) is 0 Å². The third-order valence-electron chi connectivity index (χ3n) is 3.37. The molecule has 0 bridgehead atoms. The Morgan fingerprint density at radius 1 is 1.17 bits per heavy atom. The molecule has 0 radical (unpaired) electrons. The van der Waals surface area contributed by atoms with Gasteiger partial charge in [-0.15, -0.1) is 0 Å². The van der Waals surface area contributed by atoms with E-state index in [9.17, 15) is 9.59 Å². The zero-order valence-electron chi connectivity index (χ0n) is 12.3. The van der Waals surface area contributed by atoms with Crippen molar-refractivity contribution in [2.75, 3.05) is 11.9 Å². The first kappa shape index (κ1) is 14.9. The van der Waals surface area contributed by atoms with E-state index in [0.717, 1.165) is 5.56 Å². The minimum atomic E-state index is -0.814. The van der Waals surface area contributed by atoms with Crippen molar-refractivity contribution < 1.29 is 19.1 Å². The fraction of sp³-hybridized carbons (Fsp3) is 0.176. The van der Waals surface area contributed by atoms with Gasteiger partial charge in [-0.05, 0) is 17.7 Å². The molecule has 2 N–H and O–H groups in total. The van der Waals surface area contributed by atoms with Gasteiger partial charge in [0.2, 0.25) is 0 Å². The summed E-state index contributed by atoms with van der Waals surface area (Å²) < 4.78 is 10.7. The van der Waals surface area contributed by atoms with Gasteiger partial charge in [0.1, 0.15) is 25.0 Å². The quantitative estimate of drug-likeness (QED) is 0.912. The zero-order valence-corrected chi connectivity index (χ0v) is 12.3. The predicted octanol–water partition coefficient (Wildman–Crippen LogP) is 2.31. The Hall–Kier alpha value is -3.02. The van der Waals surface area contributed by atoms with E-state index in [0.29, 0.717) is 11.4 Å². The van der Waals surface area contributed by atoms with Gasteiger partial charge in [0.05, 0.1) is 5.69 Å². The van der Waals surface area contributed by atoms with Crippen LogP contribution in [0.5, 0.6) is 5.75 Å². The molecule has 23 heavy (non-hydrogen) atoms. The summed E-state index contributed by atoms with van der Waals surface area (Å²) in [6.45, 7) is 0.186. The Morgan fingerprint density at radius 3 is 2.74 bits per heavy atom. The first-order valence-corrected chi connectivity index (χ1v) is 7.22. The number of amides is 2. The maximum Gasteiger partial charge on any atom is 0.408 e. The summed E-state index contributed by atoms with van der Waals surface area (Å²) in [4.78, 5) is 24.0. The van der Waals surface area contributed by atoms with Crippen LogP contribution in [0.2, 0.25) is 0 Å². The molecule has 1 atom stereocenters. The molecule has 0 aromatic heterocycles. The van der Waals surface area contributed by atoms with Crippen molar-refractivity contribution in [2.24, 2.45) is 0 Å². The summed E-state index contributed by atoms with van der Waals surface area (Å²) in [6.07, 6.45) is -0.663. The number of ether oxygens (including phenoxy) is 2. The highest BCUT2D eigenvalue weighted by Crippen LogP contribution is 2.25. The van der Waals surface area contributed by atoms with E-state index in [-0.39, 0.29) is 19.1 Å². The Labute approximate surface area is 133 Å². The van der Waals surface area contributed by atoms with Gasteiger partial charge in [-0.25, -0.2) is 4.79 Å². The van der Waals surface area contributed by atoms with Crippen LogP contribution in [0.1, 0.15) is 5.56 Å². The summed E-state index contributed by atoms with van der Waals surface area (Å²) in [7, 11) is 0. The number of fused-ring (bicyclic) bond motifs is 1. The van der Waals surface area contributed by atoms with E-state index in [1.165, 1.54) is 0 Å². The zero-order chi connectivity index (χ0) is 16.1. The van der Waals surface area contributed by atoms with E-state index in [2.05, 4.69) is 10.6 Å². The van der Waals surface area contributed by atoms with Gasteiger partial charge < -0.3 is 20.1 Å². The fourth-order valence-electron chi connectivity index (χ4n) is 2.18. The molecule has 0 spiro atoms. The summed E-state index contributed by atoms with van der Waals surface area (Å²) >= 11 is 0. The second-order valence-electron chi connectivity index (χ2n) is 5.06. The SMILES string of the molecule is O=C(NC1COc2ccccc2NC1=O)OCc1ccccc1. The Balaban J connectivity index is 1.56. The lowest BCUT2D eigenvalue weighted by Crippen LogP contribution is -2.46.